The van der Waals surface area contributed by atoms with Crippen LogP contribution in [0.3, 0.4) is 0 Å². The molecule has 0 aliphatic carbocycles. The van der Waals surface area contributed by atoms with Gasteiger partial charge in [0, 0.05) is 31.9 Å². The van der Waals surface area contributed by atoms with Crippen LogP contribution in [0.1, 0.15) is 36.6 Å². The fourth-order valence-corrected chi connectivity index (χ4v) is 5.19. The number of carbonyl (C=O) groups excluding carboxylic acids is 3. The first-order chi connectivity index (χ1) is 19.8. The molecule has 0 spiro atoms. The van der Waals surface area contributed by atoms with Gasteiger partial charge >= 0.3 is 5.97 Å². The first-order valence-corrected chi connectivity index (χ1v) is 13.8. The highest BCUT2D eigenvalue weighted by atomic mass is 79.9. The predicted molar refractivity (Wildman–Crippen MR) is 160 cm³/mol. The number of ether oxygens (including phenoxy) is 3. The van der Waals surface area contributed by atoms with E-state index >= 15 is 0 Å². The van der Waals surface area contributed by atoms with Crippen LogP contribution < -0.4 is 25.0 Å². The van der Waals surface area contributed by atoms with Gasteiger partial charge in [0.15, 0.2) is 17.2 Å². The maximum atomic E-state index is 12.8. The molecule has 0 radical (unpaired) electrons. The van der Waals surface area contributed by atoms with Gasteiger partial charge in [-0.1, -0.05) is 33.6 Å². The highest BCUT2D eigenvalue weighted by Gasteiger charge is 2.18. The topological polar surface area (TPSA) is 115 Å². The molecule has 41 heavy (non-hydrogen) atoms. The third kappa shape index (κ3) is 6.94. The lowest BCUT2D eigenvalue weighted by atomic mass is 10.1. The average molecular weight is 700 g/mol. The molecule has 0 fully saturated rings. The van der Waals surface area contributed by atoms with E-state index in [0.717, 1.165) is 0 Å². The van der Waals surface area contributed by atoms with Gasteiger partial charge in [-0.15, -0.1) is 0 Å². The third-order valence-electron chi connectivity index (χ3n) is 5.70. The number of hydrogen-bond donors (Lipinski definition) is 2. The van der Waals surface area contributed by atoms with Crippen molar-refractivity contribution in [2.45, 2.75) is 0 Å². The fourth-order valence-electron chi connectivity index (χ4n) is 3.73. The molecule has 1 heterocycles. The van der Waals surface area contributed by atoms with E-state index in [4.69, 9.17) is 25.8 Å². The van der Waals surface area contributed by atoms with Gasteiger partial charge < -0.3 is 19.5 Å². The Balaban J connectivity index is 1.26. The van der Waals surface area contributed by atoms with Gasteiger partial charge in [-0.3, -0.25) is 9.59 Å². The second-order valence-electron chi connectivity index (χ2n) is 8.50. The number of halogens is 3. The lowest BCUT2D eigenvalue weighted by Gasteiger charge is -2.11. The predicted octanol–water partition coefficient (Wildman–Crippen LogP) is 6.83. The minimum Gasteiger partial charge on any atom is -0.454 e. The summed E-state index contributed by atoms with van der Waals surface area (Å²) in [4.78, 5) is 38.2. The minimum absolute atomic E-state index is 0.106. The lowest BCUT2D eigenvalue weighted by Crippen LogP contribution is -2.18. The number of esters is 1. The molecule has 4 aromatic carbocycles. The molecule has 0 saturated heterocycles. The monoisotopic (exact) mass is 697 g/mol. The number of nitrogens with zero attached hydrogens (tertiary/aromatic N) is 1. The van der Waals surface area contributed by atoms with Crippen molar-refractivity contribution < 1.29 is 28.6 Å². The highest BCUT2D eigenvalue weighted by molar-refractivity contribution is 9.11. The van der Waals surface area contributed by atoms with E-state index in [0.29, 0.717) is 47.8 Å². The zero-order chi connectivity index (χ0) is 28.9. The van der Waals surface area contributed by atoms with Crippen molar-refractivity contribution in [1.82, 2.24) is 5.43 Å². The van der Waals surface area contributed by atoms with E-state index in [2.05, 4.69) is 47.7 Å². The van der Waals surface area contributed by atoms with E-state index in [1.807, 2.05) is 0 Å². The summed E-state index contributed by atoms with van der Waals surface area (Å²) in [6.45, 7) is 0.106. The number of carbonyl (C=O) groups is 3. The Bertz CT molecular complexity index is 1690. The van der Waals surface area contributed by atoms with Crippen LogP contribution in [0.4, 0.5) is 5.69 Å². The van der Waals surface area contributed by atoms with Gasteiger partial charge in [0.05, 0.1) is 16.3 Å². The molecule has 4 aromatic rings. The number of amides is 2. The van der Waals surface area contributed by atoms with Gasteiger partial charge in [-0.05, 0) is 88.7 Å². The smallest absolute Gasteiger partial charge is 0.343 e. The van der Waals surface area contributed by atoms with Crippen LogP contribution in [0.5, 0.6) is 17.2 Å². The van der Waals surface area contributed by atoms with Crippen LogP contribution in [0.2, 0.25) is 5.02 Å². The standard InChI is InChI=1S/C29H18Br2ClN3O6/c30-20-10-19(26(23(31)13-20)41-29(38)16-4-7-21(32)8-5-16)14-33-35-28(37)17-2-1-3-22(11-17)34-27(36)18-6-9-24-25(12-18)40-15-39-24/h1-14H,15H2,(H,34,36)(H,35,37). The number of fused-ring (bicyclic) bond motifs is 1. The van der Waals surface area contributed by atoms with Crippen molar-refractivity contribution >= 4 is 73.1 Å². The summed E-state index contributed by atoms with van der Waals surface area (Å²) in [6.07, 6.45) is 1.35. The zero-order valence-corrected chi connectivity index (χ0v) is 24.7. The van der Waals surface area contributed by atoms with Crippen LogP contribution in [0, 0.1) is 0 Å². The Morgan fingerprint density at radius 1 is 0.854 bits per heavy atom. The number of nitrogens with one attached hydrogen (secondary N) is 2. The molecule has 9 nitrogen and oxygen atoms in total. The molecule has 0 saturated carbocycles. The normalized spacial score (nSPS) is 11.8. The molecule has 0 aromatic heterocycles. The quantitative estimate of drug-likeness (QED) is 0.0947. The summed E-state index contributed by atoms with van der Waals surface area (Å²) in [6, 6.07) is 20.9. The van der Waals surface area contributed by atoms with Gasteiger partial charge in [0.25, 0.3) is 11.8 Å². The van der Waals surface area contributed by atoms with Crippen molar-refractivity contribution in [1.29, 1.82) is 0 Å². The maximum absolute atomic E-state index is 12.8. The van der Waals surface area contributed by atoms with Crippen molar-refractivity contribution in [3.63, 3.8) is 0 Å². The number of hydrazone groups is 1. The number of hydrogen-bond acceptors (Lipinski definition) is 7. The summed E-state index contributed by atoms with van der Waals surface area (Å²) in [7, 11) is 0. The van der Waals surface area contributed by atoms with E-state index in [-0.39, 0.29) is 24.0 Å². The van der Waals surface area contributed by atoms with Gasteiger partial charge in [0.2, 0.25) is 6.79 Å². The molecule has 0 bridgehead atoms. The van der Waals surface area contributed by atoms with Crippen LogP contribution >= 0.6 is 43.5 Å². The van der Waals surface area contributed by atoms with Gasteiger partial charge in [-0.25, -0.2) is 10.2 Å². The molecule has 2 N–H and O–H groups in total. The molecule has 2 amide bonds. The highest BCUT2D eigenvalue weighted by Crippen LogP contribution is 2.34. The number of rotatable bonds is 7. The van der Waals surface area contributed by atoms with Crippen molar-refractivity contribution in [3.05, 3.63) is 115 Å². The first kappa shape index (κ1) is 28.3. The van der Waals surface area contributed by atoms with Crippen molar-refractivity contribution in [2.24, 2.45) is 5.10 Å². The third-order valence-corrected chi connectivity index (χ3v) is 7.00. The van der Waals surface area contributed by atoms with E-state index in [1.54, 1.807) is 72.8 Å². The molecular weight excluding hydrogens is 682 g/mol. The fraction of sp³-hybridized carbons (Fsp3) is 0.0345. The van der Waals surface area contributed by atoms with E-state index in [9.17, 15) is 14.4 Å². The number of anilines is 1. The minimum atomic E-state index is -0.594. The molecule has 0 atom stereocenters. The molecular formula is C29H18Br2ClN3O6. The van der Waals surface area contributed by atoms with Crippen molar-refractivity contribution in [3.8, 4) is 17.2 Å². The summed E-state index contributed by atoms with van der Waals surface area (Å²) < 4.78 is 17.4. The summed E-state index contributed by atoms with van der Waals surface area (Å²) in [5, 5.41) is 7.29. The van der Waals surface area contributed by atoms with Gasteiger partial charge in [0.1, 0.15) is 0 Å². The Labute approximate surface area is 255 Å². The molecule has 0 unspecified atom stereocenters. The van der Waals surface area contributed by atoms with E-state index < -0.39 is 11.9 Å². The Morgan fingerprint density at radius 2 is 1.59 bits per heavy atom. The van der Waals surface area contributed by atoms with Gasteiger partial charge in [-0.2, -0.15) is 5.10 Å². The Morgan fingerprint density at radius 3 is 2.39 bits per heavy atom. The van der Waals surface area contributed by atoms with Crippen LogP contribution in [-0.4, -0.2) is 30.8 Å². The summed E-state index contributed by atoms with van der Waals surface area (Å²) in [5.41, 5.74) is 4.22. The van der Waals surface area contributed by atoms with Crippen LogP contribution in [0.15, 0.2) is 92.9 Å². The lowest BCUT2D eigenvalue weighted by molar-refractivity contribution is 0.0732. The van der Waals surface area contributed by atoms with Crippen molar-refractivity contribution in [2.75, 3.05) is 12.1 Å². The molecule has 1 aliphatic rings. The van der Waals surface area contributed by atoms with Crippen LogP contribution in [-0.2, 0) is 0 Å². The second kappa shape index (κ2) is 12.5. The second-order valence-corrected chi connectivity index (χ2v) is 10.7. The zero-order valence-electron chi connectivity index (χ0n) is 20.8. The molecule has 206 valence electrons. The summed E-state index contributed by atoms with van der Waals surface area (Å²) in [5.74, 6) is -0.219. The van der Waals surface area contributed by atoms with Crippen LogP contribution in [0.25, 0.3) is 0 Å². The molecule has 12 heteroatoms. The summed E-state index contributed by atoms with van der Waals surface area (Å²) >= 11 is 12.7. The first-order valence-electron chi connectivity index (χ1n) is 11.9. The Hall–Kier alpha value is -4.19. The van der Waals surface area contributed by atoms with E-state index in [1.165, 1.54) is 12.3 Å². The number of benzene rings is 4. The maximum Gasteiger partial charge on any atom is 0.343 e. The molecule has 1 aliphatic heterocycles. The SMILES string of the molecule is O=C(NN=Cc1cc(Br)cc(Br)c1OC(=O)c1ccc(Cl)cc1)c1cccc(NC(=O)c2ccc3c(c2)OCO3)c1. The Kier molecular flexibility index (Phi) is 8.67. The largest absolute Gasteiger partial charge is 0.454 e. The molecule has 5 rings (SSSR count). The average Bonchev–Trinajstić information content (AvgIpc) is 3.43.